The number of hydrogen-bond donors (Lipinski definition) is 2. The highest BCUT2D eigenvalue weighted by atomic mass is 79.9. The molecular weight excluding hydrogens is 339 g/mol. The number of carbonyl (C=O) groups is 1. The fraction of sp³-hybridized carbons (Fsp3) is 0.133. The second-order valence-corrected chi connectivity index (χ2v) is 5.34. The van der Waals surface area contributed by atoms with E-state index in [0.717, 1.165) is 11.1 Å². The molecule has 2 aromatic rings. The molecule has 0 aliphatic carbocycles. The van der Waals surface area contributed by atoms with Crippen molar-refractivity contribution in [2.24, 2.45) is 5.84 Å². The number of amides is 1. The highest BCUT2D eigenvalue weighted by molar-refractivity contribution is 9.10. The normalized spacial score (nSPS) is 10.2. The summed E-state index contributed by atoms with van der Waals surface area (Å²) < 4.78 is 19.7. The SMILES string of the molecule is NNC(=O)Cc1ccc(COc2ccc(Br)cc2F)cc1. The quantitative estimate of drug-likeness (QED) is 0.494. The van der Waals surface area contributed by atoms with E-state index in [1.165, 1.54) is 6.07 Å². The van der Waals surface area contributed by atoms with Gasteiger partial charge in [-0.3, -0.25) is 10.2 Å². The van der Waals surface area contributed by atoms with Gasteiger partial charge in [0.2, 0.25) is 5.91 Å². The fourth-order valence-electron chi connectivity index (χ4n) is 1.74. The van der Waals surface area contributed by atoms with Gasteiger partial charge in [0.25, 0.3) is 0 Å². The van der Waals surface area contributed by atoms with Crippen LogP contribution in [-0.4, -0.2) is 5.91 Å². The standard InChI is InChI=1S/C15H14BrFN2O2/c16-12-5-6-14(13(17)8-12)21-9-11-3-1-10(2-4-11)7-15(20)19-18/h1-6,8H,7,9,18H2,(H,19,20). The lowest BCUT2D eigenvalue weighted by atomic mass is 10.1. The number of hydrogen-bond acceptors (Lipinski definition) is 3. The van der Waals surface area contributed by atoms with Gasteiger partial charge in [-0.05, 0) is 29.3 Å². The Hall–Kier alpha value is -1.92. The number of halogens is 2. The Kier molecular flexibility index (Phi) is 5.30. The molecule has 2 aromatic carbocycles. The lowest BCUT2D eigenvalue weighted by molar-refractivity contribution is -0.120. The number of nitrogens with one attached hydrogen (secondary N) is 1. The van der Waals surface area contributed by atoms with Crippen molar-refractivity contribution in [3.8, 4) is 5.75 Å². The molecule has 2 rings (SSSR count). The molecule has 0 radical (unpaired) electrons. The summed E-state index contributed by atoms with van der Waals surface area (Å²) in [4.78, 5) is 11.1. The highest BCUT2D eigenvalue weighted by Crippen LogP contribution is 2.22. The first kappa shape index (κ1) is 15.5. The van der Waals surface area contributed by atoms with Crippen LogP contribution in [0.25, 0.3) is 0 Å². The average molecular weight is 353 g/mol. The number of ether oxygens (including phenoxy) is 1. The maximum Gasteiger partial charge on any atom is 0.238 e. The van der Waals surface area contributed by atoms with E-state index in [4.69, 9.17) is 10.6 Å². The van der Waals surface area contributed by atoms with E-state index < -0.39 is 5.82 Å². The number of carbonyl (C=O) groups excluding carboxylic acids is 1. The monoisotopic (exact) mass is 352 g/mol. The second-order valence-electron chi connectivity index (χ2n) is 4.42. The van der Waals surface area contributed by atoms with Crippen LogP contribution in [0.4, 0.5) is 4.39 Å². The second kappa shape index (κ2) is 7.19. The molecule has 0 unspecified atom stereocenters. The average Bonchev–Trinajstić information content (AvgIpc) is 2.48. The first-order valence-corrected chi connectivity index (χ1v) is 7.03. The maximum absolute atomic E-state index is 13.6. The molecule has 0 aliphatic rings. The molecule has 0 atom stereocenters. The molecule has 0 fully saturated rings. The third-order valence-electron chi connectivity index (χ3n) is 2.84. The summed E-state index contributed by atoms with van der Waals surface area (Å²) in [6.45, 7) is 0.252. The van der Waals surface area contributed by atoms with Gasteiger partial charge >= 0.3 is 0 Å². The summed E-state index contributed by atoms with van der Waals surface area (Å²) in [5.41, 5.74) is 3.80. The van der Waals surface area contributed by atoms with E-state index in [-0.39, 0.29) is 24.7 Å². The minimum atomic E-state index is -0.416. The number of rotatable bonds is 5. The van der Waals surface area contributed by atoms with Crippen molar-refractivity contribution in [1.29, 1.82) is 0 Å². The molecule has 0 aliphatic heterocycles. The summed E-state index contributed by atoms with van der Waals surface area (Å²) >= 11 is 3.19. The van der Waals surface area contributed by atoms with Crippen molar-refractivity contribution in [1.82, 2.24) is 5.43 Å². The summed E-state index contributed by atoms with van der Waals surface area (Å²) in [7, 11) is 0. The van der Waals surface area contributed by atoms with Gasteiger partial charge < -0.3 is 4.74 Å². The van der Waals surface area contributed by atoms with Crippen molar-refractivity contribution >= 4 is 21.8 Å². The van der Waals surface area contributed by atoms with E-state index in [1.54, 1.807) is 12.1 Å². The molecule has 21 heavy (non-hydrogen) atoms. The Balaban J connectivity index is 1.96. The molecule has 110 valence electrons. The van der Waals surface area contributed by atoms with Gasteiger partial charge in [-0.15, -0.1) is 0 Å². The lowest BCUT2D eigenvalue weighted by Crippen LogP contribution is -2.31. The molecule has 1 amide bonds. The van der Waals surface area contributed by atoms with Crippen LogP contribution in [0.1, 0.15) is 11.1 Å². The molecule has 0 bridgehead atoms. The molecular formula is C15H14BrFN2O2. The third kappa shape index (κ3) is 4.54. The Morgan fingerprint density at radius 2 is 1.86 bits per heavy atom. The summed E-state index contributed by atoms with van der Waals surface area (Å²) in [5.74, 6) is 4.56. The number of hydrazine groups is 1. The predicted molar refractivity (Wildman–Crippen MR) is 80.9 cm³/mol. The first-order valence-electron chi connectivity index (χ1n) is 6.23. The van der Waals surface area contributed by atoms with E-state index in [9.17, 15) is 9.18 Å². The van der Waals surface area contributed by atoms with E-state index in [1.807, 2.05) is 24.3 Å². The van der Waals surface area contributed by atoms with E-state index in [2.05, 4.69) is 21.4 Å². The Morgan fingerprint density at radius 1 is 1.19 bits per heavy atom. The molecule has 0 saturated carbocycles. The van der Waals surface area contributed by atoms with Crippen molar-refractivity contribution in [2.45, 2.75) is 13.0 Å². The molecule has 3 N–H and O–H groups in total. The zero-order valence-electron chi connectivity index (χ0n) is 11.1. The molecule has 0 spiro atoms. The number of benzene rings is 2. The minimum absolute atomic E-state index is 0.199. The van der Waals surface area contributed by atoms with Gasteiger partial charge in [0.15, 0.2) is 11.6 Å². The minimum Gasteiger partial charge on any atom is -0.486 e. The summed E-state index contributed by atoms with van der Waals surface area (Å²) in [6, 6.07) is 11.9. The van der Waals surface area contributed by atoms with Crippen molar-refractivity contribution in [2.75, 3.05) is 0 Å². The van der Waals surface area contributed by atoms with Crippen LogP contribution in [0.2, 0.25) is 0 Å². The largest absolute Gasteiger partial charge is 0.486 e. The van der Waals surface area contributed by atoms with Gasteiger partial charge in [0.05, 0.1) is 6.42 Å². The molecule has 4 nitrogen and oxygen atoms in total. The number of nitrogens with two attached hydrogens (primary N) is 1. The van der Waals surface area contributed by atoms with Crippen molar-refractivity contribution < 1.29 is 13.9 Å². The van der Waals surface area contributed by atoms with Crippen LogP contribution in [0.5, 0.6) is 5.75 Å². The van der Waals surface area contributed by atoms with Crippen molar-refractivity contribution in [3.63, 3.8) is 0 Å². The predicted octanol–water partition coefficient (Wildman–Crippen LogP) is 2.70. The molecule has 6 heteroatoms. The third-order valence-corrected chi connectivity index (χ3v) is 3.33. The maximum atomic E-state index is 13.6. The fourth-order valence-corrected chi connectivity index (χ4v) is 2.08. The van der Waals surface area contributed by atoms with Gasteiger partial charge in [-0.2, -0.15) is 0 Å². The Bertz CT molecular complexity index is 632. The van der Waals surface area contributed by atoms with Crippen LogP contribution in [0.3, 0.4) is 0 Å². The van der Waals surface area contributed by atoms with E-state index >= 15 is 0 Å². The van der Waals surface area contributed by atoms with Gasteiger partial charge in [0, 0.05) is 4.47 Å². The van der Waals surface area contributed by atoms with Crippen LogP contribution in [0, 0.1) is 5.82 Å². The lowest BCUT2D eigenvalue weighted by Gasteiger charge is -2.08. The topological polar surface area (TPSA) is 64.3 Å². The smallest absolute Gasteiger partial charge is 0.238 e. The zero-order chi connectivity index (χ0) is 15.2. The van der Waals surface area contributed by atoms with Crippen LogP contribution in [0.15, 0.2) is 46.9 Å². The van der Waals surface area contributed by atoms with Gasteiger partial charge in [-0.1, -0.05) is 40.2 Å². The molecule has 0 saturated heterocycles. The zero-order valence-corrected chi connectivity index (χ0v) is 12.7. The van der Waals surface area contributed by atoms with Crippen molar-refractivity contribution in [3.05, 3.63) is 63.9 Å². The Labute approximate surface area is 130 Å². The van der Waals surface area contributed by atoms with Gasteiger partial charge in [0.1, 0.15) is 6.61 Å². The first-order chi connectivity index (χ1) is 10.1. The Morgan fingerprint density at radius 3 is 2.48 bits per heavy atom. The van der Waals surface area contributed by atoms with Crippen LogP contribution >= 0.6 is 15.9 Å². The molecule has 0 aromatic heterocycles. The van der Waals surface area contributed by atoms with Gasteiger partial charge in [-0.25, -0.2) is 10.2 Å². The molecule has 0 heterocycles. The van der Waals surface area contributed by atoms with E-state index in [0.29, 0.717) is 4.47 Å². The summed E-state index contributed by atoms with van der Waals surface area (Å²) in [5, 5.41) is 0. The summed E-state index contributed by atoms with van der Waals surface area (Å²) in [6.07, 6.45) is 0.221. The van der Waals surface area contributed by atoms with Crippen LogP contribution < -0.4 is 16.0 Å². The van der Waals surface area contributed by atoms with Crippen LogP contribution in [-0.2, 0) is 17.8 Å². The highest BCUT2D eigenvalue weighted by Gasteiger charge is 2.05.